The van der Waals surface area contributed by atoms with Gasteiger partial charge in [0.05, 0.1) is 16.3 Å². The fourth-order valence-electron chi connectivity index (χ4n) is 2.67. The zero-order valence-electron chi connectivity index (χ0n) is 15.5. The van der Waals surface area contributed by atoms with E-state index in [0.717, 1.165) is 10.6 Å². The first-order valence-corrected chi connectivity index (χ1v) is 11.2. The monoisotopic (exact) mass is 412 g/mol. The highest BCUT2D eigenvalue weighted by molar-refractivity contribution is 7.98. The highest BCUT2D eigenvalue weighted by Crippen LogP contribution is 2.26. The minimum absolute atomic E-state index is 0.185. The van der Waals surface area contributed by atoms with E-state index in [2.05, 4.69) is 10.0 Å². The first kappa shape index (κ1) is 20.0. The smallest absolute Gasteiger partial charge is 0.261 e. The lowest BCUT2D eigenvalue weighted by atomic mass is 10.1. The van der Waals surface area contributed by atoms with Crippen LogP contribution in [0.4, 0.5) is 11.4 Å². The predicted molar refractivity (Wildman–Crippen MR) is 115 cm³/mol. The summed E-state index contributed by atoms with van der Waals surface area (Å²) in [6.45, 7) is 1.76. The molecule has 3 rings (SSSR count). The van der Waals surface area contributed by atoms with Crippen LogP contribution in [0.2, 0.25) is 0 Å². The maximum atomic E-state index is 12.6. The van der Waals surface area contributed by atoms with Gasteiger partial charge in [0.2, 0.25) is 0 Å². The number of hydrogen-bond donors (Lipinski definition) is 2. The molecule has 0 spiro atoms. The van der Waals surface area contributed by atoms with Crippen LogP contribution in [0, 0.1) is 6.92 Å². The van der Waals surface area contributed by atoms with Crippen molar-refractivity contribution >= 4 is 39.1 Å². The molecular formula is C21H20N2O3S2. The SMILES string of the molecule is CSc1ccccc1NC(=O)c1ccc(NS(=O)(=O)c2ccccc2)c(C)c1. The Hall–Kier alpha value is -2.77. The summed E-state index contributed by atoms with van der Waals surface area (Å²) >= 11 is 1.55. The fraction of sp³-hybridized carbons (Fsp3) is 0.0952. The minimum Gasteiger partial charge on any atom is -0.321 e. The van der Waals surface area contributed by atoms with Crippen molar-refractivity contribution in [2.45, 2.75) is 16.7 Å². The second-order valence-corrected chi connectivity index (χ2v) is 8.63. The van der Waals surface area contributed by atoms with Crippen molar-refractivity contribution in [1.82, 2.24) is 0 Å². The molecule has 0 aromatic heterocycles. The van der Waals surface area contributed by atoms with Gasteiger partial charge in [0, 0.05) is 10.5 Å². The van der Waals surface area contributed by atoms with Gasteiger partial charge in [-0.05, 0) is 61.2 Å². The van der Waals surface area contributed by atoms with Gasteiger partial charge >= 0.3 is 0 Å². The largest absolute Gasteiger partial charge is 0.321 e. The zero-order valence-corrected chi connectivity index (χ0v) is 17.1. The number of rotatable bonds is 6. The fourth-order valence-corrected chi connectivity index (χ4v) is 4.37. The Morgan fingerprint density at radius 1 is 0.893 bits per heavy atom. The predicted octanol–water partition coefficient (Wildman–Crippen LogP) is 4.77. The van der Waals surface area contributed by atoms with Crippen molar-refractivity contribution in [2.24, 2.45) is 0 Å². The van der Waals surface area contributed by atoms with Gasteiger partial charge in [-0.2, -0.15) is 0 Å². The van der Waals surface area contributed by atoms with Gasteiger partial charge in [-0.25, -0.2) is 8.42 Å². The van der Waals surface area contributed by atoms with E-state index in [-0.39, 0.29) is 10.8 Å². The number of thioether (sulfide) groups is 1. The number of hydrogen-bond acceptors (Lipinski definition) is 4. The zero-order chi connectivity index (χ0) is 20.1. The highest BCUT2D eigenvalue weighted by atomic mass is 32.2. The van der Waals surface area contributed by atoms with Gasteiger partial charge in [0.15, 0.2) is 0 Å². The molecule has 5 nitrogen and oxygen atoms in total. The lowest BCUT2D eigenvalue weighted by molar-refractivity contribution is 0.102. The number of amides is 1. The molecule has 0 aliphatic rings. The lowest BCUT2D eigenvalue weighted by Gasteiger charge is -2.13. The van der Waals surface area contributed by atoms with Crippen LogP contribution in [0.3, 0.4) is 0 Å². The van der Waals surface area contributed by atoms with E-state index in [1.54, 1.807) is 55.1 Å². The maximum absolute atomic E-state index is 12.6. The van der Waals surface area contributed by atoms with Crippen LogP contribution in [0.1, 0.15) is 15.9 Å². The second-order valence-electron chi connectivity index (χ2n) is 6.10. The van der Waals surface area contributed by atoms with Crippen LogP contribution in [-0.2, 0) is 10.0 Å². The first-order chi connectivity index (χ1) is 13.4. The minimum atomic E-state index is -3.68. The number of para-hydroxylation sites is 1. The molecule has 0 fully saturated rings. The molecule has 28 heavy (non-hydrogen) atoms. The van der Waals surface area contributed by atoms with E-state index < -0.39 is 10.0 Å². The lowest BCUT2D eigenvalue weighted by Crippen LogP contribution is -2.15. The quantitative estimate of drug-likeness (QED) is 0.572. The molecule has 0 saturated carbocycles. The van der Waals surface area contributed by atoms with Crippen molar-refractivity contribution < 1.29 is 13.2 Å². The summed E-state index contributed by atoms with van der Waals surface area (Å²) in [4.78, 5) is 13.8. The average Bonchev–Trinajstić information content (AvgIpc) is 2.70. The molecule has 0 unspecified atom stereocenters. The molecule has 0 aliphatic heterocycles. The number of nitrogens with one attached hydrogen (secondary N) is 2. The Bertz CT molecular complexity index is 1100. The van der Waals surface area contributed by atoms with Crippen LogP contribution in [0.25, 0.3) is 0 Å². The van der Waals surface area contributed by atoms with E-state index in [1.165, 1.54) is 12.1 Å². The maximum Gasteiger partial charge on any atom is 0.261 e. The average molecular weight is 413 g/mol. The molecule has 0 radical (unpaired) electrons. The number of anilines is 2. The first-order valence-electron chi connectivity index (χ1n) is 8.53. The third kappa shape index (κ3) is 4.55. The Kier molecular flexibility index (Phi) is 6.06. The molecule has 0 bridgehead atoms. The molecule has 3 aromatic carbocycles. The number of sulfonamides is 1. The van der Waals surface area contributed by atoms with Crippen LogP contribution < -0.4 is 10.0 Å². The van der Waals surface area contributed by atoms with E-state index in [4.69, 9.17) is 0 Å². The van der Waals surface area contributed by atoms with Crippen molar-refractivity contribution in [1.29, 1.82) is 0 Å². The molecule has 0 aliphatic carbocycles. The molecule has 1 amide bonds. The summed E-state index contributed by atoms with van der Waals surface area (Å²) in [6.07, 6.45) is 1.95. The van der Waals surface area contributed by atoms with Crippen LogP contribution in [0.5, 0.6) is 0 Å². The van der Waals surface area contributed by atoms with Crippen LogP contribution >= 0.6 is 11.8 Å². The van der Waals surface area contributed by atoms with E-state index in [9.17, 15) is 13.2 Å². The molecule has 0 atom stereocenters. The van der Waals surface area contributed by atoms with Crippen LogP contribution in [0.15, 0.2) is 82.6 Å². The Morgan fingerprint density at radius 2 is 1.57 bits per heavy atom. The summed E-state index contributed by atoms with van der Waals surface area (Å²) in [5.41, 5.74) is 2.29. The van der Waals surface area contributed by atoms with Gasteiger partial charge in [-0.1, -0.05) is 30.3 Å². The van der Waals surface area contributed by atoms with Crippen molar-refractivity contribution in [3.05, 3.63) is 83.9 Å². The number of carbonyl (C=O) groups excluding carboxylic acids is 1. The number of benzene rings is 3. The second kappa shape index (κ2) is 8.50. The molecular weight excluding hydrogens is 392 g/mol. The normalized spacial score (nSPS) is 11.1. The van der Waals surface area contributed by atoms with Gasteiger partial charge in [0.25, 0.3) is 15.9 Å². The molecule has 2 N–H and O–H groups in total. The third-order valence-corrected chi connectivity index (χ3v) is 6.32. The van der Waals surface area contributed by atoms with Gasteiger partial charge in [-0.3, -0.25) is 9.52 Å². The highest BCUT2D eigenvalue weighted by Gasteiger charge is 2.16. The summed E-state index contributed by atoms with van der Waals surface area (Å²) in [5.74, 6) is -0.248. The van der Waals surface area contributed by atoms with E-state index >= 15 is 0 Å². The van der Waals surface area contributed by atoms with Crippen molar-refractivity contribution in [3.8, 4) is 0 Å². The van der Waals surface area contributed by atoms with Gasteiger partial charge in [0.1, 0.15) is 0 Å². The van der Waals surface area contributed by atoms with E-state index in [0.29, 0.717) is 16.8 Å². The Labute approximate surface area is 169 Å². The summed E-state index contributed by atoms with van der Waals surface area (Å²) in [5, 5.41) is 2.90. The summed E-state index contributed by atoms with van der Waals surface area (Å²) < 4.78 is 27.6. The molecule has 144 valence electrons. The Balaban J connectivity index is 1.80. The standard InChI is InChI=1S/C21H20N2O3S2/c1-15-14-16(21(24)22-19-10-6-7-11-20(19)27-2)12-13-18(15)23-28(25,26)17-8-4-3-5-9-17/h3-14,23H,1-2H3,(H,22,24). The van der Waals surface area contributed by atoms with Crippen molar-refractivity contribution in [3.63, 3.8) is 0 Å². The molecule has 0 saturated heterocycles. The van der Waals surface area contributed by atoms with Gasteiger partial charge < -0.3 is 5.32 Å². The van der Waals surface area contributed by atoms with Gasteiger partial charge in [-0.15, -0.1) is 11.8 Å². The molecule has 0 heterocycles. The van der Waals surface area contributed by atoms with E-state index in [1.807, 2.05) is 30.5 Å². The van der Waals surface area contributed by atoms with Crippen molar-refractivity contribution in [2.75, 3.05) is 16.3 Å². The molecule has 3 aromatic rings. The summed E-state index contributed by atoms with van der Waals surface area (Å²) in [7, 11) is -3.68. The van der Waals surface area contributed by atoms with Crippen LogP contribution in [-0.4, -0.2) is 20.6 Å². The number of carbonyl (C=O) groups is 1. The third-order valence-electron chi connectivity index (χ3n) is 4.14. The number of aryl methyl sites for hydroxylation is 1. The summed E-state index contributed by atoms with van der Waals surface area (Å²) in [6, 6.07) is 20.6. The molecule has 7 heteroatoms. The Morgan fingerprint density at radius 3 is 2.25 bits per heavy atom. The topological polar surface area (TPSA) is 75.3 Å².